The molecule has 0 saturated heterocycles. The molecule has 0 unspecified atom stereocenters. The molecule has 3 nitrogen and oxygen atoms in total. The molecule has 3 rings (SSSR count). The van der Waals surface area contributed by atoms with Crippen LogP contribution in [0.3, 0.4) is 0 Å². The minimum absolute atomic E-state index is 0.446. The summed E-state index contributed by atoms with van der Waals surface area (Å²) >= 11 is 0. The minimum Gasteiger partial charge on any atom is -0.367 e. The number of benzene rings is 1. The molecule has 0 spiro atoms. The van der Waals surface area contributed by atoms with Gasteiger partial charge in [0.05, 0.1) is 11.3 Å². The Bertz CT molecular complexity index is 609. The van der Waals surface area contributed by atoms with Crippen LogP contribution in [0.15, 0.2) is 22.7 Å². The zero-order valence-electron chi connectivity index (χ0n) is 12.3. The summed E-state index contributed by atoms with van der Waals surface area (Å²) in [6, 6.07) is 6.43. The molecule has 1 fully saturated rings. The molecule has 0 bridgehead atoms. The van der Waals surface area contributed by atoms with Gasteiger partial charge in [-0.25, -0.2) is 0 Å². The van der Waals surface area contributed by atoms with Crippen molar-refractivity contribution < 1.29 is 4.52 Å². The molecule has 0 radical (unpaired) electrons. The Morgan fingerprint density at radius 3 is 2.65 bits per heavy atom. The molecular weight excluding hydrogens is 248 g/mol. The van der Waals surface area contributed by atoms with E-state index in [1.807, 2.05) is 0 Å². The smallest absolute Gasteiger partial charge is 0.230 e. The molecule has 3 heteroatoms. The predicted molar refractivity (Wildman–Crippen MR) is 81.5 cm³/mol. The summed E-state index contributed by atoms with van der Waals surface area (Å²) in [6.07, 6.45) is 6.29. The number of aryl methyl sites for hydroxylation is 2. The van der Waals surface area contributed by atoms with Crippen LogP contribution in [0.2, 0.25) is 0 Å². The summed E-state index contributed by atoms with van der Waals surface area (Å²) in [5.74, 6) is 1.19. The van der Waals surface area contributed by atoms with Gasteiger partial charge in [0.2, 0.25) is 5.88 Å². The fourth-order valence-electron chi connectivity index (χ4n) is 3.17. The first-order valence-corrected chi connectivity index (χ1v) is 7.47. The summed E-state index contributed by atoms with van der Waals surface area (Å²) in [6.45, 7) is 4.24. The van der Waals surface area contributed by atoms with Crippen molar-refractivity contribution in [3.63, 3.8) is 0 Å². The Morgan fingerprint density at radius 1 is 1.20 bits per heavy atom. The molecule has 20 heavy (non-hydrogen) atoms. The van der Waals surface area contributed by atoms with Crippen molar-refractivity contribution in [2.75, 3.05) is 5.73 Å². The Kier molecular flexibility index (Phi) is 3.51. The fourth-order valence-corrected chi connectivity index (χ4v) is 3.17. The van der Waals surface area contributed by atoms with Crippen LogP contribution in [0.1, 0.15) is 42.5 Å². The Labute approximate surface area is 120 Å². The SMILES string of the molecule is Cc1ccc(-c2c(CC3CCCC3)noc2N)cc1C. The number of aromatic nitrogens is 1. The normalized spacial score (nSPS) is 15.9. The van der Waals surface area contributed by atoms with Crippen LogP contribution in [0.4, 0.5) is 5.88 Å². The largest absolute Gasteiger partial charge is 0.367 e. The molecule has 1 saturated carbocycles. The second-order valence-electron chi connectivity index (χ2n) is 6.02. The Balaban J connectivity index is 1.95. The first kappa shape index (κ1) is 13.2. The highest BCUT2D eigenvalue weighted by molar-refractivity contribution is 5.75. The minimum atomic E-state index is 0.446. The van der Waals surface area contributed by atoms with E-state index in [-0.39, 0.29) is 0 Å². The van der Waals surface area contributed by atoms with Gasteiger partial charge in [-0.1, -0.05) is 49.0 Å². The van der Waals surface area contributed by atoms with E-state index in [1.165, 1.54) is 36.8 Å². The summed E-state index contributed by atoms with van der Waals surface area (Å²) in [4.78, 5) is 0. The fraction of sp³-hybridized carbons (Fsp3) is 0.471. The third-order valence-corrected chi connectivity index (χ3v) is 4.54. The van der Waals surface area contributed by atoms with Gasteiger partial charge in [-0.15, -0.1) is 0 Å². The molecular formula is C17H22N2O. The van der Waals surface area contributed by atoms with E-state index >= 15 is 0 Å². The summed E-state index contributed by atoms with van der Waals surface area (Å²) in [7, 11) is 0. The monoisotopic (exact) mass is 270 g/mol. The lowest BCUT2D eigenvalue weighted by Gasteiger charge is -2.09. The third kappa shape index (κ3) is 2.45. The van der Waals surface area contributed by atoms with Crippen molar-refractivity contribution in [3.8, 4) is 11.1 Å². The average Bonchev–Trinajstić information content (AvgIpc) is 3.04. The topological polar surface area (TPSA) is 52.0 Å². The van der Waals surface area contributed by atoms with E-state index in [2.05, 4.69) is 37.2 Å². The Morgan fingerprint density at radius 2 is 1.95 bits per heavy atom. The summed E-state index contributed by atoms with van der Waals surface area (Å²) in [5, 5.41) is 4.21. The molecule has 1 aliphatic rings. The number of hydrogen-bond acceptors (Lipinski definition) is 3. The van der Waals surface area contributed by atoms with Crippen molar-refractivity contribution in [3.05, 3.63) is 35.0 Å². The number of rotatable bonds is 3. The highest BCUT2D eigenvalue weighted by Gasteiger charge is 2.22. The van der Waals surface area contributed by atoms with Crippen LogP contribution in [-0.2, 0) is 6.42 Å². The van der Waals surface area contributed by atoms with Crippen molar-refractivity contribution in [2.45, 2.75) is 46.0 Å². The zero-order valence-corrected chi connectivity index (χ0v) is 12.3. The molecule has 1 aromatic carbocycles. The van der Waals surface area contributed by atoms with Gasteiger partial charge >= 0.3 is 0 Å². The molecule has 2 aromatic rings. The van der Waals surface area contributed by atoms with Gasteiger partial charge in [-0.05, 0) is 42.9 Å². The summed E-state index contributed by atoms with van der Waals surface area (Å²) < 4.78 is 5.26. The lowest BCUT2D eigenvalue weighted by atomic mass is 9.95. The maximum absolute atomic E-state index is 6.01. The van der Waals surface area contributed by atoms with E-state index in [9.17, 15) is 0 Å². The molecule has 1 aromatic heterocycles. The van der Waals surface area contributed by atoms with E-state index in [0.717, 1.165) is 29.2 Å². The van der Waals surface area contributed by atoms with Gasteiger partial charge in [0.1, 0.15) is 0 Å². The Hall–Kier alpha value is -1.77. The lowest BCUT2D eigenvalue weighted by Crippen LogP contribution is -2.01. The molecule has 2 N–H and O–H groups in total. The highest BCUT2D eigenvalue weighted by atomic mass is 16.5. The number of hydrogen-bond donors (Lipinski definition) is 1. The first-order chi connectivity index (χ1) is 9.65. The molecule has 1 heterocycles. The van der Waals surface area contributed by atoms with E-state index in [1.54, 1.807) is 0 Å². The molecule has 0 amide bonds. The van der Waals surface area contributed by atoms with Crippen LogP contribution >= 0.6 is 0 Å². The predicted octanol–water partition coefficient (Wildman–Crippen LogP) is 4.27. The molecule has 0 aliphatic heterocycles. The van der Waals surface area contributed by atoms with Gasteiger partial charge in [0.15, 0.2) is 0 Å². The lowest BCUT2D eigenvalue weighted by molar-refractivity contribution is 0.417. The maximum Gasteiger partial charge on any atom is 0.230 e. The molecule has 0 atom stereocenters. The van der Waals surface area contributed by atoms with Crippen LogP contribution in [0, 0.1) is 19.8 Å². The van der Waals surface area contributed by atoms with Crippen LogP contribution < -0.4 is 5.73 Å². The van der Waals surface area contributed by atoms with Crippen molar-refractivity contribution in [1.82, 2.24) is 5.16 Å². The quantitative estimate of drug-likeness (QED) is 0.906. The zero-order chi connectivity index (χ0) is 14.1. The second-order valence-corrected chi connectivity index (χ2v) is 6.02. The average molecular weight is 270 g/mol. The van der Waals surface area contributed by atoms with Crippen molar-refractivity contribution >= 4 is 5.88 Å². The van der Waals surface area contributed by atoms with Crippen molar-refractivity contribution in [2.24, 2.45) is 5.92 Å². The second kappa shape index (κ2) is 5.31. The number of nitrogens with two attached hydrogens (primary N) is 1. The van der Waals surface area contributed by atoms with Gasteiger partial charge in [0.25, 0.3) is 0 Å². The van der Waals surface area contributed by atoms with Gasteiger partial charge < -0.3 is 10.3 Å². The first-order valence-electron chi connectivity index (χ1n) is 7.47. The van der Waals surface area contributed by atoms with Crippen LogP contribution in [0.5, 0.6) is 0 Å². The van der Waals surface area contributed by atoms with E-state index < -0.39 is 0 Å². The number of anilines is 1. The third-order valence-electron chi connectivity index (χ3n) is 4.54. The van der Waals surface area contributed by atoms with E-state index in [0.29, 0.717) is 5.88 Å². The summed E-state index contributed by atoms with van der Waals surface area (Å²) in [5.41, 5.74) is 11.7. The van der Waals surface area contributed by atoms with Crippen LogP contribution in [0.25, 0.3) is 11.1 Å². The van der Waals surface area contributed by atoms with Gasteiger partial charge in [-0.2, -0.15) is 0 Å². The standard InChI is InChI=1S/C17H22N2O/c1-11-7-8-14(9-12(11)2)16-15(19-20-17(16)18)10-13-5-3-4-6-13/h7-9,13H,3-6,10,18H2,1-2H3. The molecule has 106 valence electrons. The highest BCUT2D eigenvalue weighted by Crippen LogP contribution is 2.35. The van der Waals surface area contributed by atoms with Crippen LogP contribution in [-0.4, -0.2) is 5.16 Å². The van der Waals surface area contributed by atoms with Gasteiger partial charge in [-0.3, -0.25) is 0 Å². The maximum atomic E-state index is 6.01. The number of nitrogens with zero attached hydrogens (tertiary/aromatic N) is 1. The van der Waals surface area contributed by atoms with Gasteiger partial charge in [0, 0.05) is 0 Å². The number of nitrogen functional groups attached to an aromatic ring is 1. The van der Waals surface area contributed by atoms with E-state index in [4.69, 9.17) is 10.3 Å². The van der Waals surface area contributed by atoms with Crippen molar-refractivity contribution in [1.29, 1.82) is 0 Å². The molecule has 1 aliphatic carbocycles.